The van der Waals surface area contributed by atoms with Crippen LogP contribution in [0.15, 0.2) is 22.8 Å². The van der Waals surface area contributed by atoms with E-state index in [1.165, 1.54) is 0 Å². The van der Waals surface area contributed by atoms with Crippen molar-refractivity contribution in [2.24, 2.45) is 5.73 Å². The predicted molar refractivity (Wildman–Crippen MR) is 58.9 cm³/mol. The molecule has 1 amide bonds. The quantitative estimate of drug-likeness (QED) is 0.860. The van der Waals surface area contributed by atoms with E-state index in [1.54, 1.807) is 12.3 Å². The number of nitrogens with one attached hydrogen (secondary N) is 1. The summed E-state index contributed by atoms with van der Waals surface area (Å²) in [7, 11) is 0. The number of carbonyl (C=O) groups excluding carboxylic acids is 1. The van der Waals surface area contributed by atoms with Crippen LogP contribution < -0.4 is 11.1 Å². The van der Waals surface area contributed by atoms with Gasteiger partial charge in [0, 0.05) is 12.6 Å². The lowest BCUT2D eigenvalue weighted by molar-refractivity contribution is -0.116. The molecule has 0 aliphatic carbocycles. The molecule has 5 heteroatoms. The van der Waals surface area contributed by atoms with Gasteiger partial charge in [-0.1, -0.05) is 0 Å². The second kappa shape index (κ2) is 5.72. The van der Waals surface area contributed by atoms with E-state index in [0.717, 1.165) is 4.47 Å². The van der Waals surface area contributed by atoms with Gasteiger partial charge in [0.1, 0.15) is 5.82 Å². The zero-order chi connectivity index (χ0) is 10.4. The number of hydrogen-bond donors (Lipinski definition) is 2. The zero-order valence-corrected chi connectivity index (χ0v) is 9.25. The molecule has 0 bridgehead atoms. The Hall–Kier alpha value is -0.940. The highest BCUT2D eigenvalue weighted by Crippen LogP contribution is 2.18. The summed E-state index contributed by atoms with van der Waals surface area (Å²) < 4.78 is 0.779. The number of pyridine rings is 1. The van der Waals surface area contributed by atoms with Crippen molar-refractivity contribution >= 4 is 27.7 Å². The summed E-state index contributed by atoms with van der Waals surface area (Å²) in [6.07, 6.45) is 2.75. The molecular formula is C9H12BrN3O. The number of hydrogen-bond acceptors (Lipinski definition) is 3. The average molecular weight is 258 g/mol. The molecule has 0 unspecified atom stereocenters. The summed E-state index contributed by atoms with van der Waals surface area (Å²) in [5.41, 5.74) is 5.30. The molecule has 4 nitrogen and oxygen atoms in total. The Labute approximate surface area is 91.0 Å². The number of amides is 1. The van der Waals surface area contributed by atoms with Crippen molar-refractivity contribution in [1.29, 1.82) is 0 Å². The molecule has 0 fully saturated rings. The lowest BCUT2D eigenvalue weighted by Crippen LogP contribution is -2.14. The van der Waals surface area contributed by atoms with E-state index in [-0.39, 0.29) is 5.91 Å². The number of rotatable bonds is 4. The van der Waals surface area contributed by atoms with E-state index in [2.05, 4.69) is 26.2 Å². The highest BCUT2D eigenvalue weighted by molar-refractivity contribution is 9.10. The molecule has 0 atom stereocenters. The molecule has 0 saturated carbocycles. The fourth-order valence-corrected chi connectivity index (χ4v) is 1.29. The fraction of sp³-hybridized carbons (Fsp3) is 0.333. The third-order valence-electron chi connectivity index (χ3n) is 1.62. The summed E-state index contributed by atoms with van der Waals surface area (Å²) >= 11 is 3.29. The summed E-state index contributed by atoms with van der Waals surface area (Å²) in [4.78, 5) is 15.3. The first-order valence-electron chi connectivity index (χ1n) is 4.34. The Bertz CT molecular complexity index is 317. The third kappa shape index (κ3) is 3.43. The van der Waals surface area contributed by atoms with Gasteiger partial charge < -0.3 is 11.1 Å². The number of carbonyl (C=O) groups is 1. The standard InChI is InChI=1S/C9H12BrN3O/c10-7-3-2-6-12-9(7)13-8(14)4-1-5-11/h2-3,6H,1,4-5,11H2,(H,12,13,14). The molecule has 0 spiro atoms. The van der Waals surface area contributed by atoms with Crippen molar-refractivity contribution < 1.29 is 4.79 Å². The summed E-state index contributed by atoms with van der Waals surface area (Å²) in [5.74, 6) is 0.490. The molecule has 14 heavy (non-hydrogen) atoms. The molecule has 1 rings (SSSR count). The highest BCUT2D eigenvalue weighted by atomic mass is 79.9. The first-order valence-corrected chi connectivity index (χ1v) is 5.14. The predicted octanol–water partition coefficient (Wildman–Crippen LogP) is 1.52. The Morgan fingerprint density at radius 1 is 1.64 bits per heavy atom. The Morgan fingerprint density at radius 3 is 3.07 bits per heavy atom. The minimum Gasteiger partial charge on any atom is -0.330 e. The summed E-state index contributed by atoms with van der Waals surface area (Å²) in [5, 5.41) is 2.69. The summed E-state index contributed by atoms with van der Waals surface area (Å²) in [6.45, 7) is 0.525. The van der Waals surface area contributed by atoms with Gasteiger partial charge in [-0.05, 0) is 41.0 Å². The van der Waals surface area contributed by atoms with E-state index in [4.69, 9.17) is 5.73 Å². The maximum Gasteiger partial charge on any atom is 0.225 e. The van der Waals surface area contributed by atoms with Gasteiger partial charge in [-0.15, -0.1) is 0 Å². The topological polar surface area (TPSA) is 68.0 Å². The van der Waals surface area contributed by atoms with E-state index < -0.39 is 0 Å². The molecular weight excluding hydrogens is 246 g/mol. The second-order valence-electron chi connectivity index (χ2n) is 2.77. The monoisotopic (exact) mass is 257 g/mol. The number of anilines is 1. The Kier molecular flexibility index (Phi) is 4.55. The van der Waals surface area contributed by atoms with Crippen LogP contribution >= 0.6 is 15.9 Å². The molecule has 76 valence electrons. The second-order valence-corrected chi connectivity index (χ2v) is 3.63. The largest absolute Gasteiger partial charge is 0.330 e. The van der Waals surface area contributed by atoms with Crippen LogP contribution in [0, 0.1) is 0 Å². The van der Waals surface area contributed by atoms with E-state index in [9.17, 15) is 4.79 Å². The van der Waals surface area contributed by atoms with Gasteiger partial charge in [0.15, 0.2) is 0 Å². The molecule has 0 radical (unpaired) electrons. The van der Waals surface area contributed by atoms with Crippen molar-refractivity contribution in [3.8, 4) is 0 Å². The van der Waals surface area contributed by atoms with E-state index in [0.29, 0.717) is 25.2 Å². The molecule has 1 aromatic rings. The van der Waals surface area contributed by atoms with Gasteiger partial charge >= 0.3 is 0 Å². The molecule has 0 saturated heterocycles. The average Bonchev–Trinajstić information content (AvgIpc) is 2.18. The van der Waals surface area contributed by atoms with Crippen molar-refractivity contribution in [1.82, 2.24) is 4.98 Å². The number of nitrogens with zero attached hydrogens (tertiary/aromatic N) is 1. The van der Waals surface area contributed by atoms with Crippen molar-refractivity contribution in [2.45, 2.75) is 12.8 Å². The molecule has 0 aliphatic rings. The number of halogens is 1. The van der Waals surface area contributed by atoms with Gasteiger partial charge in [-0.25, -0.2) is 4.98 Å². The molecule has 1 heterocycles. The first-order chi connectivity index (χ1) is 6.74. The molecule has 3 N–H and O–H groups in total. The van der Waals surface area contributed by atoms with Gasteiger partial charge in [0.05, 0.1) is 4.47 Å². The minimum absolute atomic E-state index is 0.0603. The number of nitrogens with two attached hydrogens (primary N) is 1. The van der Waals surface area contributed by atoms with Crippen LogP contribution in [-0.2, 0) is 4.79 Å². The highest BCUT2D eigenvalue weighted by Gasteiger charge is 2.04. The lowest BCUT2D eigenvalue weighted by atomic mass is 10.3. The van der Waals surface area contributed by atoms with Crippen LogP contribution in [0.3, 0.4) is 0 Å². The van der Waals surface area contributed by atoms with Crippen LogP contribution in [0.2, 0.25) is 0 Å². The Balaban J connectivity index is 2.52. The van der Waals surface area contributed by atoms with Crippen LogP contribution in [0.1, 0.15) is 12.8 Å². The van der Waals surface area contributed by atoms with Gasteiger partial charge in [-0.2, -0.15) is 0 Å². The van der Waals surface area contributed by atoms with Crippen molar-refractivity contribution in [2.75, 3.05) is 11.9 Å². The SMILES string of the molecule is NCCCC(=O)Nc1ncccc1Br. The maximum atomic E-state index is 11.3. The first kappa shape index (κ1) is 11.1. The van der Waals surface area contributed by atoms with Gasteiger partial charge in [0.2, 0.25) is 5.91 Å². The Morgan fingerprint density at radius 2 is 2.43 bits per heavy atom. The van der Waals surface area contributed by atoms with Crippen LogP contribution in [0.5, 0.6) is 0 Å². The van der Waals surface area contributed by atoms with Crippen molar-refractivity contribution in [3.63, 3.8) is 0 Å². The van der Waals surface area contributed by atoms with E-state index in [1.807, 2.05) is 6.07 Å². The van der Waals surface area contributed by atoms with Crippen LogP contribution in [0.25, 0.3) is 0 Å². The number of aromatic nitrogens is 1. The zero-order valence-electron chi connectivity index (χ0n) is 7.66. The van der Waals surface area contributed by atoms with Crippen LogP contribution in [-0.4, -0.2) is 17.4 Å². The fourth-order valence-electron chi connectivity index (χ4n) is 0.935. The molecule has 0 aliphatic heterocycles. The van der Waals surface area contributed by atoms with Gasteiger partial charge in [-0.3, -0.25) is 4.79 Å². The smallest absolute Gasteiger partial charge is 0.225 e. The minimum atomic E-state index is -0.0603. The van der Waals surface area contributed by atoms with E-state index >= 15 is 0 Å². The van der Waals surface area contributed by atoms with Crippen molar-refractivity contribution in [3.05, 3.63) is 22.8 Å². The van der Waals surface area contributed by atoms with Crippen LogP contribution in [0.4, 0.5) is 5.82 Å². The molecule has 0 aromatic carbocycles. The maximum absolute atomic E-state index is 11.3. The molecule has 1 aromatic heterocycles. The van der Waals surface area contributed by atoms with Gasteiger partial charge in [0.25, 0.3) is 0 Å². The third-order valence-corrected chi connectivity index (χ3v) is 2.26. The lowest BCUT2D eigenvalue weighted by Gasteiger charge is -2.04. The summed E-state index contributed by atoms with van der Waals surface area (Å²) in [6, 6.07) is 3.62. The normalized spacial score (nSPS) is 9.86.